The number of carbonyl (C=O) groups is 1. The summed E-state index contributed by atoms with van der Waals surface area (Å²) in [6.07, 6.45) is 1.76. The molecule has 4 heteroatoms. The van der Waals surface area contributed by atoms with Crippen LogP contribution in [0.25, 0.3) is 0 Å². The van der Waals surface area contributed by atoms with Gasteiger partial charge in [0.15, 0.2) is 0 Å². The van der Waals surface area contributed by atoms with E-state index in [9.17, 15) is 4.79 Å². The molecule has 0 saturated carbocycles. The minimum absolute atomic E-state index is 0.162. The van der Waals surface area contributed by atoms with Crippen molar-refractivity contribution in [3.63, 3.8) is 0 Å². The van der Waals surface area contributed by atoms with Crippen molar-refractivity contribution in [2.24, 2.45) is 0 Å². The first kappa shape index (κ1) is 17.2. The lowest BCUT2D eigenvalue weighted by Gasteiger charge is -2.23. The third kappa shape index (κ3) is 9.28. The van der Waals surface area contributed by atoms with Crippen LogP contribution in [0.1, 0.15) is 54.4 Å². The highest BCUT2D eigenvalue weighted by Crippen LogP contribution is 2.07. The molecule has 0 aliphatic heterocycles. The summed E-state index contributed by atoms with van der Waals surface area (Å²) < 4.78 is 5.22. The molecular formula is C14H30N2O2. The number of amides is 1. The molecule has 0 aliphatic carbocycles. The second-order valence-corrected chi connectivity index (χ2v) is 5.72. The average molecular weight is 258 g/mol. The first-order valence-corrected chi connectivity index (χ1v) is 7.00. The van der Waals surface area contributed by atoms with Crippen molar-refractivity contribution in [3.8, 4) is 0 Å². The Morgan fingerprint density at radius 1 is 1.28 bits per heavy atom. The lowest BCUT2D eigenvalue weighted by Crippen LogP contribution is -2.38. The van der Waals surface area contributed by atoms with E-state index < -0.39 is 5.60 Å². The molecule has 0 bridgehead atoms. The van der Waals surface area contributed by atoms with Crippen LogP contribution >= 0.6 is 0 Å². The zero-order valence-corrected chi connectivity index (χ0v) is 12.9. The number of hydrogen-bond donors (Lipinski definition) is 1. The smallest absolute Gasteiger partial charge is 0.407 e. The topological polar surface area (TPSA) is 41.6 Å². The van der Waals surface area contributed by atoms with E-state index in [1.807, 2.05) is 27.7 Å². The molecule has 0 heterocycles. The molecule has 18 heavy (non-hydrogen) atoms. The lowest BCUT2D eigenvalue weighted by molar-refractivity contribution is 0.0505. The van der Waals surface area contributed by atoms with Crippen LogP contribution in [0.2, 0.25) is 0 Å². The second kappa shape index (κ2) is 8.35. The molecular weight excluding hydrogens is 228 g/mol. The minimum Gasteiger partial charge on any atom is -0.444 e. The second-order valence-electron chi connectivity index (χ2n) is 5.72. The van der Waals surface area contributed by atoms with Gasteiger partial charge in [0.05, 0.1) is 0 Å². The van der Waals surface area contributed by atoms with Crippen LogP contribution in [0, 0.1) is 0 Å². The van der Waals surface area contributed by atoms with Crippen molar-refractivity contribution in [3.05, 3.63) is 0 Å². The molecule has 0 aromatic carbocycles. The Labute approximate surface area is 112 Å². The molecule has 4 nitrogen and oxygen atoms in total. The van der Waals surface area contributed by atoms with E-state index in [4.69, 9.17) is 4.74 Å². The zero-order valence-electron chi connectivity index (χ0n) is 12.9. The molecule has 0 aliphatic rings. The van der Waals surface area contributed by atoms with Crippen molar-refractivity contribution in [2.75, 3.05) is 19.6 Å². The predicted octanol–water partition coefficient (Wildman–Crippen LogP) is 3.02. The highest BCUT2D eigenvalue weighted by atomic mass is 16.6. The van der Waals surface area contributed by atoms with E-state index in [2.05, 4.69) is 24.1 Å². The average Bonchev–Trinajstić information content (AvgIpc) is 2.21. The van der Waals surface area contributed by atoms with Crippen LogP contribution in [0.5, 0.6) is 0 Å². The highest BCUT2D eigenvalue weighted by Gasteiger charge is 2.17. The maximum absolute atomic E-state index is 11.5. The molecule has 1 atom stereocenters. The number of alkyl carbamates (subject to hydrolysis) is 1. The number of nitrogens with zero attached hydrogens (tertiary/aromatic N) is 1. The highest BCUT2D eigenvalue weighted by molar-refractivity contribution is 5.67. The third-order valence-electron chi connectivity index (χ3n) is 2.77. The summed E-state index contributed by atoms with van der Waals surface area (Å²) in [7, 11) is 0. The maximum atomic E-state index is 11.5. The molecule has 1 N–H and O–H groups in total. The van der Waals surface area contributed by atoms with Crippen LogP contribution in [0.4, 0.5) is 4.79 Å². The van der Waals surface area contributed by atoms with Gasteiger partial charge >= 0.3 is 6.09 Å². The van der Waals surface area contributed by atoms with Gasteiger partial charge < -0.3 is 15.0 Å². The van der Waals surface area contributed by atoms with Crippen molar-refractivity contribution in [1.82, 2.24) is 10.2 Å². The van der Waals surface area contributed by atoms with E-state index >= 15 is 0 Å². The van der Waals surface area contributed by atoms with E-state index in [0.717, 1.165) is 32.5 Å². The van der Waals surface area contributed by atoms with Gasteiger partial charge in [0.1, 0.15) is 5.60 Å². The van der Waals surface area contributed by atoms with Gasteiger partial charge in [0, 0.05) is 6.04 Å². The fourth-order valence-corrected chi connectivity index (χ4v) is 1.74. The predicted molar refractivity (Wildman–Crippen MR) is 75.9 cm³/mol. The molecule has 1 amide bonds. The lowest BCUT2D eigenvalue weighted by atomic mass is 10.2. The van der Waals surface area contributed by atoms with E-state index in [-0.39, 0.29) is 12.1 Å². The monoisotopic (exact) mass is 258 g/mol. The zero-order chi connectivity index (χ0) is 14.2. The Morgan fingerprint density at radius 3 is 2.28 bits per heavy atom. The van der Waals surface area contributed by atoms with Crippen molar-refractivity contribution in [2.45, 2.75) is 66.0 Å². The molecule has 0 radical (unpaired) electrons. The number of ether oxygens (including phenoxy) is 1. The van der Waals surface area contributed by atoms with Crippen LogP contribution in [0.3, 0.4) is 0 Å². The van der Waals surface area contributed by atoms with E-state index in [1.54, 1.807) is 0 Å². The van der Waals surface area contributed by atoms with Gasteiger partial charge in [-0.1, -0.05) is 13.8 Å². The summed E-state index contributed by atoms with van der Waals surface area (Å²) in [5.74, 6) is 0. The van der Waals surface area contributed by atoms with Gasteiger partial charge in [-0.25, -0.2) is 4.79 Å². The van der Waals surface area contributed by atoms with Crippen LogP contribution < -0.4 is 5.32 Å². The molecule has 0 saturated heterocycles. The largest absolute Gasteiger partial charge is 0.444 e. The van der Waals surface area contributed by atoms with Gasteiger partial charge in [0.25, 0.3) is 0 Å². The molecule has 0 aromatic rings. The van der Waals surface area contributed by atoms with Crippen molar-refractivity contribution < 1.29 is 9.53 Å². The first-order chi connectivity index (χ1) is 8.28. The standard InChI is InChI=1S/C14H30N2O2/c1-7-16(8-2)11-9-10-12(3)15-13(17)18-14(4,5)6/h12H,7-11H2,1-6H3,(H,15,17)/t12-/m1/s1. The summed E-state index contributed by atoms with van der Waals surface area (Å²) in [5, 5.41) is 2.87. The number of nitrogens with one attached hydrogen (secondary N) is 1. The number of hydrogen-bond acceptors (Lipinski definition) is 3. The molecule has 0 fully saturated rings. The van der Waals surface area contributed by atoms with Crippen LogP contribution in [-0.2, 0) is 4.74 Å². The van der Waals surface area contributed by atoms with Crippen molar-refractivity contribution >= 4 is 6.09 Å². The Bertz CT molecular complexity index is 232. The Hall–Kier alpha value is -0.770. The molecule has 0 aromatic heterocycles. The van der Waals surface area contributed by atoms with Crippen LogP contribution in [-0.4, -0.2) is 42.3 Å². The minimum atomic E-state index is -0.426. The Morgan fingerprint density at radius 2 is 1.83 bits per heavy atom. The fourth-order valence-electron chi connectivity index (χ4n) is 1.74. The third-order valence-corrected chi connectivity index (χ3v) is 2.77. The van der Waals surface area contributed by atoms with Gasteiger partial charge in [0.2, 0.25) is 0 Å². The molecule has 0 unspecified atom stereocenters. The molecule has 0 spiro atoms. The first-order valence-electron chi connectivity index (χ1n) is 7.00. The number of carbonyl (C=O) groups excluding carboxylic acids is 1. The van der Waals surface area contributed by atoms with Gasteiger partial charge in [-0.15, -0.1) is 0 Å². The van der Waals surface area contributed by atoms with Gasteiger partial charge in [-0.3, -0.25) is 0 Å². The summed E-state index contributed by atoms with van der Waals surface area (Å²) in [6.45, 7) is 15.2. The molecule has 0 rings (SSSR count). The summed E-state index contributed by atoms with van der Waals surface area (Å²) >= 11 is 0. The van der Waals surface area contributed by atoms with E-state index in [1.165, 1.54) is 0 Å². The Balaban J connectivity index is 3.77. The molecule has 108 valence electrons. The van der Waals surface area contributed by atoms with Crippen LogP contribution in [0.15, 0.2) is 0 Å². The quantitative estimate of drug-likeness (QED) is 0.763. The SMILES string of the molecule is CCN(CC)CCC[C@@H](C)NC(=O)OC(C)(C)C. The van der Waals surface area contributed by atoms with Crippen molar-refractivity contribution in [1.29, 1.82) is 0 Å². The normalized spacial score (nSPS) is 13.5. The maximum Gasteiger partial charge on any atom is 0.407 e. The Kier molecular flexibility index (Phi) is 8.00. The summed E-state index contributed by atoms with van der Waals surface area (Å²) in [4.78, 5) is 13.9. The summed E-state index contributed by atoms with van der Waals surface area (Å²) in [5.41, 5.74) is -0.426. The summed E-state index contributed by atoms with van der Waals surface area (Å²) in [6, 6.07) is 0.162. The fraction of sp³-hybridized carbons (Fsp3) is 0.929. The number of rotatable bonds is 7. The van der Waals surface area contributed by atoms with Gasteiger partial charge in [-0.05, 0) is 60.2 Å². The van der Waals surface area contributed by atoms with E-state index in [0.29, 0.717) is 0 Å². The van der Waals surface area contributed by atoms with Gasteiger partial charge in [-0.2, -0.15) is 0 Å².